The van der Waals surface area contributed by atoms with Crippen molar-refractivity contribution < 1.29 is 9.53 Å². The van der Waals surface area contributed by atoms with E-state index in [4.69, 9.17) is 4.74 Å². The number of methoxy groups -OCH3 is 1. The number of nitrogens with one attached hydrogen (secondary N) is 1. The van der Waals surface area contributed by atoms with Gasteiger partial charge in [-0.15, -0.1) is 0 Å². The lowest BCUT2D eigenvalue weighted by Gasteiger charge is -2.04. The zero-order chi connectivity index (χ0) is 19.1. The van der Waals surface area contributed by atoms with Gasteiger partial charge in [-0.3, -0.25) is 9.48 Å². The molecular formula is C18H18N6O2S. The summed E-state index contributed by atoms with van der Waals surface area (Å²) in [5.41, 5.74) is 2.86. The van der Waals surface area contributed by atoms with Crippen LogP contribution in [0.1, 0.15) is 21.9 Å². The highest BCUT2D eigenvalue weighted by atomic mass is 32.1. The van der Waals surface area contributed by atoms with Crippen LogP contribution in [0, 0.1) is 13.8 Å². The van der Waals surface area contributed by atoms with Gasteiger partial charge in [-0.2, -0.15) is 14.9 Å². The number of anilines is 1. The Morgan fingerprint density at radius 3 is 2.70 bits per heavy atom. The summed E-state index contributed by atoms with van der Waals surface area (Å²) in [5, 5.41) is 12.2. The Morgan fingerprint density at radius 1 is 1.19 bits per heavy atom. The van der Waals surface area contributed by atoms with Gasteiger partial charge in [-0.1, -0.05) is 11.3 Å². The predicted octanol–water partition coefficient (Wildman–Crippen LogP) is 3.09. The van der Waals surface area contributed by atoms with E-state index >= 15 is 0 Å². The number of hydrogen-bond donors (Lipinski definition) is 1. The molecule has 8 nitrogen and oxygen atoms in total. The number of ether oxygens (including phenoxy) is 1. The number of aromatic nitrogens is 5. The summed E-state index contributed by atoms with van der Waals surface area (Å²) in [6.07, 6.45) is 0. The Bertz CT molecular complexity index is 1140. The molecule has 1 N–H and O–H groups in total. The first-order chi connectivity index (χ1) is 12.9. The van der Waals surface area contributed by atoms with Gasteiger partial charge in [0.25, 0.3) is 5.91 Å². The lowest BCUT2D eigenvalue weighted by Crippen LogP contribution is -2.16. The summed E-state index contributed by atoms with van der Waals surface area (Å²) < 4.78 is 9.57. The minimum atomic E-state index is -0.289. The molecule has 0 aliphatic carbocycles. The number of amides is 1. The Morgan fingerprint density at radius 2 is 2.00 bits per heavy atom. The number of aryl methyl sites for hydroxylation is 3. The van der Waals surface area contributed by atoms with E-state index in [1.54, 1.807) is 35.7 Å². The van der Waals surface area contributed by atoms with Crippen LogP contribution in [0.5, 0.6) is 5.75 Å². The second-order valence-corrected chi connectivity index (χ2v) is 7.17. The molecule has 4 aromatic rings. The molecule has 4 rings (SSSR count). The van der Waals surface area contributed by atoms with Crippen molar-refractivity contribution in [2.24, 2.45) is 7.05 Å². The van der Waals surface area contributed by atoms with Crippen LogP contribution in [0.2, 0.25) is 0 Å². The van der Waals surface area contributed by atoms with Crippen molar-refractivity contribution in [3.8, 4) is 10.9 Å². The molecule has 3 aromatic heterocycles. The Kier molecular flexibility index (Phi) is 4.15. The highest BCUT2D eigenvalue weighted by molar-refractivity contribution is 7.20. The van der Waals surface area contributed by atoms with E-state index in [-0.39, 0.29) is 5.91 Å². The maximum atomic E-state index is 12.6. The summed E-state index contributed by atoms with van der Waals surface area (Å²) >= 11 is 1.49. The molecule has 0 saturated heterocycles. The fourth-order valence-electron chi connectivity index (χ4n) is 2.70. The van der Waals surface area contributed by atoms with Crippen LogP contribution in [-0.4, -0.2) is 37.6 Å². The van der Waals surface area contributed by atoms with Gasteiger partial charge < -0.3 is 10.1 Å². The fourth-order valence-corrected chi connectivity index (χ4v) is 3.61. The summed E-state index contributed by atoms with van der Waals surface area (Å²) in [6.45, 7) is 3.76. The monoisotopic (exact) mass is 382 g/mol. The molecule has 9 heteroatoms. The number of fused-ring (bicyclic) bond motifs is 1. The first-order valence-corrected chi connectivity index (χ1v) is 9.10. The third-order valence-corrected chi connectivity index (χ3v) is 5.20. The van der Waals surface area contributed by atoms with Gasteiger partial charge in [-0.25, -0.2) is 4.98 Å². The molecule has 0 unspecified atom stereocenters. The van der Waals surface area contributed by atoms with E-state index < -0.39 is 0 Å². The summed E-state index contributed by atoms with van der Waals surface area (Å²) in [6, 6.07) is 9.28. The molecule has 0 bridgehead atoms. The zero-order valence-electron chi connectivity index (χ0n) is 15.3. The molecule has 0 aliphatic heterocycles. The molecule has 0 spiro atoms. The normalized spacial score (nSPS) is 11.1. The van der Waals surface area contributed by atoms with Crippen molar-refractivity contribution in [3.63, 3.8) is 0 Å². The number of rotatable bonds is 4. The van der Waals surface area contributed by atoms with E-state index in [0.29, 0.717) is 16.6 Å². The minimum Gasteiger partial charge on any atom is -0.497 e. The quantitative estimate of drug-likeness (QED) is 0.586. The van der Waals surface area contributed by atoms with Crippen molar-refractivity contribution in [2.45, 2.75) is 13.8 Å². The molecule has 0 saturated carbocycles. The van der Waals surface area contributed by atoms with Crippen molar-refractivity contribution in [2.75, 3.05) is 12.4 Å². The smallest absolute Gasteiger partial charge is 0.277 e. The number of benzene rings is 1. The predicted molar refractivity (Wildman–Crippen MR) is 104 cm³/mol. The van der Waals surface area contributed by atoms with Gasteiger partial charge >= 0.3 is 0 Å². The molecule has 138 valence electrons. The largest absolute Gasteiger partial charge is 0.497 e. The number of carbonyl (C=O) groups is 1. The first-order valence-electron chi connectivity index (χ1n) is 8.28. The standard InChI is InChI=1S/C18H18N6O2S/c1-10-7-16(20-17(25)14-8-11(2)23(3)22-14)24(21-10)18-19-13-9-12(26-4)5-6-15(13)27-18/h5-9H,1-4H3,(H,20,25). The minimum absolute atomic E-state index is 0.289. The molecular weight excluding hydrogens is 364 g/mol. The van der Waals surface area contributed by atoms with Gasteiger partial charge in [0.2, 0.25) is 5.13 Å². The highest BCUT2D eigenvalue weighted by Gasteiger charge is 2.17. The molecule has 0 fully saturated rings. The van der Waals surface area contributed by atoms with Crippen LogP contribution in [0.25, 0.3) is 15.3 Å². The molecule has 27 heavy (non-hydrogen) atoms. The Labute approximate surface area is 159 Å². The van der Waals surface area contributed by atoms with E-state index in [2.05, 4.69) is 20.5 Å². The highest BCUT2D eigenvalue weighted by Crippen LogP contribution is 2.29. The SMILES string of the molecule is COc1ccc2sc(-n3nc(C)cc3NC(=O)c3cc(C)n(C)n3)nc2c1. The van der Waals surface area contributed by atoms with Gasteiger partial charge in [0.15, 0.2) is 5.69 Å². The molecule has 0 aliphatic rings. The van der Waals surface area contributed by atoms with E-state index in [9.17, 15) is 4.79 Å². The average molecular weight is 382 g/mol. The van der Waals surface area contributed by atoms with Gasteiger partial charge in [0, 0.05) is 24.9 Å². The third kappa shape index (κ3) is 3.17. The van der Waals surface area contributed by atoms with E-state index in [1.807, 2.05) is 32.0 Å². The summed E-state index contributed by atoms with van der Waals surface area (Å²) in [4.78, 5) is 17.2. The molecule has 0 atom stereocenters. The fraction of sp³-hybridized carbons (Fsp3) is 0.222. The maximum Gasteiger partial charge on any atom is 0.277 e. The zero-order valence-corrected chi connectivity index (χ0v) is 16.2. The average Bonchev–Trinajstić information content (AvgIpc) is 3.31. The maximum absolute atomic E-state index is 12.6. The molecule has 3 heterocycles. The number of hydrogen-bond acceptors (Lipinski definition) is 6. The van der Waals surface area contributed by atoms with Crippen LogP contribution >= 0.6 is 11.3 Å². The number of nitrogens with zero attached hydrogens (tertiary/aromatic N) is 5. The summed E-state index contributed by atoms with van der Waals surface area (Å²) in [5.74, 6) is 1.00. The van der Waals surface area contributed by atoms with Crippen LogP contribution in [-0.2, 0) is 7.05 Å². The molecule has 1 aromatic carbocycles. The van der Waals surface area contributed by atoms with Crippen LogP contribution in [0.4, 0.5) is 5.82 Å². The van der Waals surface area contributed by atoms with E-state index in [1.165, 1.54) is 11.3 Å². The van der Waals surface area contributed by atoms with Gasteiger partial charge in [-0.05, 0) is 32.0 Å². The van der Waals surface area contributed by atoms with Crippen molar-refractivity contribution in [1.29, 1.82) is 0 Å². The number of thiazole rings is 1. The van der Waals surface area contributed by atoms with Gasteiger partial charge in [0.1, 0.15) is 11.6 Å². The Hall–Kier alpha value is -3.20. The lowest BCUT2D eigenvalue weighted by molar-refractivity contribution is 0.102. The number of carbonyl (C=O) groups excluding carboxylic acids is 1. The molecule has 0 radical (unpaired) electrons. The second-order valence-electron chi connectivity index (χ2n) is 6.16. The van der Waals surface area contributed by atoms with Gasteiger partial charge in [0.05, 0.1) is 23.0 Å². The lowest BCUT2D eigenvalue weighted by atomic mass is 10.3. The molecule has 1 amide bonds. The third-order valence-electron chi connectivity index (χ3n) is 4.18. The van der Waals surface area contributed by atoms with E-state index in [0.717, 1.165) is 27.4 Å². The van der Waals surface area contributed by atoms with Crippen LogP contribution in [0.15, 0.2) is 30.3 Å². The van der Waals surface area contributed by atoms with Crippen molar-refractivity contribution in [3.05, 3.63) is 47.4 Å². The van der Waals surface area contributed by atoms with Crippen LogP contribution < -0.4 is 10.1 Å². The Balaban J connectivity index is 1.69. The first kappa shape index (κ1) is 17.2. The topological polar surface area (TPSA) is 86.9 Å². The van der Waals surface area contributed by atoms with Crippen LogP contribution in [0.3, 0.4) is 0 Å². The summed E-state index contributed by atoms with van der Waals surface area (Å²) in [7, 11) is 3.42. The van der Waals surface area contributed by atoms with Crippen molar-refractivity contribution >= 4 is 33.3 Å². The second kappa shape index (κ2) is 6.51. The van der Waals surface area contributed by atoms with Crippen molar-refractivity contribution in [1.82, 2.24) is 24.5 Å².